The zero-order chi connectivity index (χ0) is 42.4. The standard InChI is InChI=1S/C62H41NO/c1-2-12-45(13-3-1)59-40-48(30-38-57(59)49-31-39-62-60(41-49)58-20-8-9-23-61(58)64-62)42-24-32-50(33-25-42)63(51-34-26-46(27-35-51)55-21-10-16-43-14-4-6-18-53(43)55)52-36-28-47(29-37-52)56-22-11-17-44-15-5-7-19-54(44)56/h1-41H. The highest BCUT2D eigenvalue weighted by Crippen LogP contribution is 2.42. The second-order valence-electron chi connectivity index (χ2n) is 16.5. The minimum absolute atomic E-state index is 0.901. The number of benzene rings is 11. The predicted molar refractivity (Wildman–Crippen MR) is 271 cm³/mol. The molecule has 0 spiro atoms. The first-order valence-corrected chi connectivity index (χ1v) is 21.9. The molecule has 11 aromatic carbocycles. The van der Waals surface area contributed by atoms with Crippen LogP contribution < -0.4 is 4.90 Å². The maximum absolute atomic E-state index is 6.19. The summed E-state index contributed by atoms with van der Waals surface area (Å²) >= 11 is 0. The van der Waals surface area contributed by atoms with Gasteiger partial charge in [-0.3, -0.25) is 0 Å². The van der Waals surface area contributed by atoms with E-state index in [1.807, 2.05) is 12.1 Å². The van der Waals surface area contributed by atoms with Gasteiger partial charge in [0.05, 0.1) is 0 Å². The van der Waals surface area contributed by atoms with Crippen molar-refractivity contribution in [1.82, 2.24) is 0 Å². The Morgan fingerprint density at radius 1 is 0.234 bits per heavy atom. The van der Waals surface area contributed by atoms with Crippen molar-refractivity contribution in [2.24, 2.45) is 0 Å². The van der Waals surface area contributed by atoms with Crippen LogP contribution in [0.3, 0.4) is 0 Å². The average Bonchev–Trinajstić information content (AvgIpc) is 3.75. The summed E-state index contributed by atoms with van der Waals surface area (Å²) in [5.74, 6) is 0. The lowest BCUT2D eigenvalue weighted by Gasteiger charge is -2.26. The molecule has 0 saturated carbocycles. The number of hydrogen-bond donors (Lipinski definition) is 0. The summed E-state index contributed by atoms with van der Waals surface area (Å²) < 4.78 is 6.19. The Hall–Kier alpha value is -8.46. The lowest BCUT2D eigenvalue weighted by Crippen LogP contribution is -2.09. The van der Waals surface area contributed by atoms with E-state index in [-0.39, 0.29) is 0 Å². The van der Waals surface area contributed by atoms with Gasteiger partial charge in [-0.1, -0.05) is 188 Å². The molecule has 0 radical (unpaired) electrons. The Bertz CT molecular complexity index is 3510. The first kappa shape index (κ1) is 37.3. The van der Waals surface area contributed by atoms with Crippen molar-refractivity contribution >= 4 is 60.5 Å². The molecule has 1 heterocycles. The molecule has 0 atom stereocenters. The lowest BCUT2D eigenvalue weighted by molar-refractivity contribution is 0.669. The molecule has 0 bridgehead atoms. The molecule has 2 heteroatoms. The first-order chi connectivity index (χ1) is 31.7. The maximum atomic E-state index is 6.19. The van der Waals surface area contributed by atoms with E-state index in [0.717, 1.165) is 55.7 Å². The number of hydrogen-bond acceptors (Lipinski definition) is 2. The highest BCUT2D eigenvalue weighted by atomic mass is 16.3. The summed E-state index contributed by atoms with van der Waals surface area (Å²) in [6.45, 7) is 0. The summed E-state index contributed by atoms with van der Waals surface area (Å²) in [6.07, 6.45) is 0. The van der Waals surface area contributed by atoms with Crippen LogP contribution in [0.4, 0.5) is 17.1 Å². The quantitative estimate of drug-likeness (QED) is 0.152. The molecule has 12 rings (SSSR count). The fourth-order valence-electron chi connectivity index (χ4n) is 9.51. The van der Waals surface area contributed by atoms with E-state index in [1.165, 1.54) is 60.5 Å². The molecule has 0 amide bonds. The molecular formula is C62H41NO. The largest absolute Gasteiger partial charge is 0.456 e. The minimum Gasteiger partial charge on any atom is -0.456 e. The van der Waals surface area contributed by atoms with Gasteiger partial charge >= 0.3 is 0 Å². The summed E-state index contributed by atoms with van der Waals surface area (Å²) in [5, 5.41) is 7.26. The molecule has 0 aliphatic heterocycles. The number of furan rings is 1. The number of nitrogens with zero attached hydrogens (tertiary/aromatic N) is 1. The van der Waals surface area contributed by atoms with Crippen LogP contribution in [0.1, 0.15) is 0 Å². The Kier molecular flexibility index (Phi) is 9.20. The van der Waals surface area contributed by atoms with E-state index in [2.05, 4.69) is 241 Å². The van der Waals surface area contributed by atoms with Gasteiger partial charge in [0.15, 0.2) is 0 Å². The van der Waals surface area contributed by atoms with Gasteiger partial charge in [-0.15, -0.1) is 0 Å². The second-order valence-corrected chi connectivity index (χ2v) is 16.5. The third-order valence-electron chi connectivity index (χ3n) is 12.7. The van der Waals surface area contributed by atoms with Gasteiger partial charge < -0.3 is 9.32 Å². The Labute approximate surface area is 372 Å². The van der Waals surface area contributed by atoms with Crippen LogP contribution in [0.15, 0.2) is 253 Å². The van der Waals surface area contributed by atoms with Crippen molar-refractivity contribution in [2.75, 3.05) is 4.90 Å². The number of para-hydroxylation sites is 1. The van der Waals surface area contributed by atoms with Gasteiger partial charge in [-0.05, 0) is 138 Å². The molecule has 300 valence electrons. The molecule has 1 aromatic heterocycles. The van der Waals surface area contributed by atoms with Gasteiger partial charge in [-0.25, -0.2) is 0 Å². The molecule has 0 aliphatic rings. The molecule has 64 heavy (non-hydrogen) atoms. The lowest BCUT2D eigenvalue weighted by atomic mass is 9.90. The van der Waals surface area contributed by atoms with E-state index >= 15 is 0 Å². The number of fused-ring (bicyclic) bond motifs is 5. The zero-order valence-corrected chi connectivity index (χ0v) is 35.0. The van der Waals surface area contributed by atoms with Gasteiger partial charge in [0.25, 0.3) is 0 Å². The normalized spacial score (nSPS) is 11.4. The van der Waals surface area contributed by atoms with E-state index in [1.54, 1.807) is 0 Å². The van der Waals surface area contributed by atoms with E-state index in [9.17, 15) is 0 Å². The molecule has 0 fully saturated rings. The van der Waals surface area contributed by atoms with Crippen LogP contribution in [0.5, 0.6) is 0 Å². The van der Waals surface area contributed by atoms with Gasteiger partial charge in [0, 0.05) is 27.8 Å². The van der Waals surface area contributed by atoms with Crippen LogP contribution in [0.2, 0.25) is 0 Å². The Balaban J connectivity index is 0.932. The van der Waals surface area contributed by atoms with E-state index in [4.69, 9.17) is 4.42 Å². The van der Waals surface area contributed by atoms with Crippen molar-refractivity contribution < 1.29 is 4.42 Å². The van der Waals surface area contributed by atoms with Crippen LogP contribution in [0.25, 0.3) is 99.1 Å². The molecule has 12 aromatic rings. The van der Waals surface area contributed by atoms with Gasteiger partial charge in [-0.2, -0.15) is 0 Å². The maximum Gasteiger partial charge on any atom is 0.135 e. The predicted octanol–water partition coefficient (Wildman–Crippen LogP) is 17.7. The van der Waals surface area contributed by atoms with Crippen LogP contribution in [-0.4, -0.2) is 0 Å². The number of anilines is 3. The fraction of sp³-hybridized carbons (Fsp3) is 0. The summed E-state index contributed by atoms with van der Waals surface area (Å²) in [7, 11) is 0. The van der Waals surface area contributed by atoms with Gasteiger partial charge in [0.1, 0.15) is 11.2 Å². The molecule has 2 nitrogen and oxygen atoms in total. The van der Waals surface area contributed by atoms with Crippen LogP contribution >= 0.6 is 0 Å². The van der Waals surface area contributed by atoms with E-state index in [0.29, 0.717) is 0 Å². The molecular weight excluding hydrogens is 775 g/mol. The average molecular weight is 816 g/mol. The molecule has 0 saturated heterocycles. The Morgan fingerprint density at radius 2 is 0.688 bits per heavy atom. The van der Waals surface area contributed by atoms with Crippen molar-refractivity contribution in [3.63, 3.8) is 0 Å². The smallest absolute Gasteiger partial charge is 0.135 e. The zero-order valence-electron chi connectivity index (χ0n) is 35.0. The van der Waals surface area contributed by atoms with Crippen molar-refractivity contribution in [2.45, 2.75) is 0 Å². The third kappa shape index (κ3) is 6.70. The topological polar surface area (TPSA) is 16.4 Å². The summed E-state index contributed by atoms with van der Waals surface area (Å²) in [4.78, 5) is 2.36. The summed E-state index contributed by atoms with van der Waals surface area (Å²) in [6, 6.07) is 89.7. The third-order valence-corrected chi connectivity index (χ3v) is 12.7. The molecule has 0 N–H and O–H groups in total. The van der Waals surface area contributed by atoms with Gasteiger partial charge in [0.2, 0.25) is 0 Å². The molecule has 0 unspecified atom stereocenters. The number of rotatable bonds is 8. The Morgan fingerprint density at radius 3 is 1.30 bits per heavy atom. The highest BCUT2D eigenvalue weighted by molar-refractivity contribution is 6.07. The van der Waals surface area contributed by atoms with Crippen LogP contribution in [0, 0.1) is 0 Å². The highest BCUT2D eigenvalue weighted by Gasteiger charge is 2.17. The second kappa shape index (κ2) is 15.8. The van der Waals surface area contributed by atoms with Crippen LogP contribution in [-0.2, 0) is 0 Å². The van der Waals surface area contributed by atoms with Crippen molar-refractivity contribution in [1.29, 1.82) is 0 Å². The fourth-order valence-corrected chi connectivity index (χ4v) is 9.51. The minimum atomic E-state index is 0.901. The molecule has 0 aliphatic carbocycles. The monoisotopic (exact) mass is 815 g/mol. The summed E-state index contributed by atoms with van der Waals surface area (Å²) in [5.41, 5.74) is 17.0. The van der Waals surface area contributed by atoms with Crippen molar-refractivity contribution in [3.8, 4) is 55.6 Å². The first-order valence-electron chi connectivity index (χ1n) is 21.9. The van der Waals surface area contributed by atoms with Crippen molar-refractivity contribution in [3.05, 3.63) is 249 Å². The SMILES string of the molecule is c1ccc(-c2cc(-c3ccc(N(c4ccc(-c5cccc6ccccc56)cc4)c4ccc(-c5cccc6ccccc56)cc4)cc3)ccc2-c2ccc3oc4ccccc4c3c2)cc1. The van der Waals surface area contributed by atoms with E-state index < -0.39 is 0 Å².